The Balaban J connectivity index is 1.92. The van der Waals surface area contributed by atoms with Gasteiger partial charge in [0.15, 0.2) is 11.9 Å². The number of hydrogen-bond donors (Lipinski definition) is 0. The maximum absolute atomic E-state index is 8.73. The molecule has 1 atom stereocenters. The SMILES string of the molecule is N#CC1CN(Cc2cc(Br)no2)CCO1. The average Bonchev–Trinajstić information content (AvgIpc) is 2.64. The summed E-state index contributed by atoms with van der Waals surface area (Å²) in [4.78, 5) is 2.12. The molecule has 1 aromatic rings. The molecule has 2 rings (SSSR count). The molecule has 0 radical (unpaired) electrons. The minimum Gasteiger partial charge on any atom is -0.361 e. The number of rotatable bonds is 2. The second kappa shape index (κ2) is 4.75. The highest BCUT2D eigenvalue weighted by Crippen LogP contribution is 2.14. The van der Waals surface area contributed by atoms with Crippen molar-refractivity contribution in [2.75, 3.05) is 19.7 Å². The standard InChI is InChI=1S/C9H10BrN3O2/c10-9-3-7(15-12-9)5-13-1-2-14-8(4-11)6-13/h3,8H,1-2,5-6H2. The number of morpholine rings is 1. The van der Waals surface area contributed by atoms with E-state index in [2.05, 4.69) is 32.1 Å². The first kappa shape index (κ1) is 10.6. The van der Waals surface area contributed by atoms with Gasteiger partial charge in [-0.15, -0.1) is 0 Å². The van der Waals surface area contributed by atoms with Gasteiger partial charge in [0.1, 0.15) is 4.60 Å². The van der Waals surface area contributed by atoms with Crippen LogP contribution in [-0.2, 0) is 11.3 Å². The molecule has 0 aromatic carbocycles. The molecule has 0 aliphatic carbocycles. The molecule has 1 aromatic heterocycles. The Morgan fingerprint density at radius 2 is 2.60 bits per heavy atom. The Bertz CT molecular complexity index is 374. The van der Waals surface area contributed by atoms with Gasteiger partial charge >= 0.3 is 0 Å². The number of ether oxygens (including phenoxy) is 1. The minimum absolute atomic E-state index is 0.329. The van der Waals surface area contributed by atoms with Crippen molar-refractivity contribution >= 4 is 15.9 Å². The smallest absolute Gasteiger partial charge is 0.156 e. The summed E-state index contributed by atoms with van der Waals surface area (Å²) in [6.07, 6.45) is -0.329. The molecule has 1 aliphatic heterocycles. The molecule has 0 N–H and O–H groups in total. The predicted octanol–water partition coefficient (Wildman–Crippen LogP) is 1.16. The first-order valence-electron chi connectivity index (χ1n) is 4.62. The zero-order valence-corrected chi connectivity index (χ0v) is 9.61. The van der Waals surface area contributed by atoms with E-state index in [1.165, 1.54) is 0 Å². The van der Waals surface area contributed by atoms with Crippen LogP contribution in [0, 0.1) is 11.3 Å². The fraction of sp³-hybridized carbons (Fsp3) is 0.556. The lowest BCUT2D eigenvalue weighted by molar-refractivity contribution is -0.00543. The summed E-state index contributed by atoms with van der Waals surface area (Å²) in [7, 11) is 0. The van der Waals surface area contributed by atoms with E-state index in [0.717, 1.165) is 12.3 Å². The fourth-order valence-corrected chi connectivity index (χ4v) is 1.83. The molecule has 6 heteroatoms. The van der Waals surface area contributed by atoms with E-state index in [1.807, 2.05) is 6.07 Å². The van der Waals surface area contributed by atoms with Gasteiger partial charge in [-0.2, -0.15) is 5.26 Å². The largest absolute Gasteiger partial charge is 0.361 e. The normalized spacial score (nSPS) is 22.5. The molecule has 2 heterocycles. The second-order valence-corrected chi connectivity index (χ2v) is 4.15. The van der Waals surface area contributed by atoms with Crippen molar-refractivity contribution in [2.45, 2.75) is 12.6 Å². The molecule has 1 saturated heterocycles. The quantitative estimate of drug-likeness (QED) is 0.808. The third-order valence-electron chi connectivity index (χ3n) is 2.20. The summed E-state index contributed by atoms with van der Waals surface area (Å²) >= 11 is 3.22. The van der Waals surface area contributed by atoms with Gasteiger partial charge in [0.2, 0.25) is 0 Å². The molecular weight excluding hydrogens is 262 g/mol. The summed E-state index contributed by atoms with van der Waals surface area (Å²) in [6.45, 7) is 2.69. The van der Waals surface area contributed by atoms with E-state index in [-0.39, 0.29) is 6.10 Å². The summed E-state index contributed by atoms with van der Waals surface area (Å²) in [6, 6.07) is 3.94. The highest BCUT2D eigenvalue weighted by Gasteiger charge is 2.20. The third-order valence-corrected chi connectivity index (χ3v) is 2.58. The van der Waals surface area contributed by atoms with Crippen LogP contribution < -0.4 is 0 Å². The zero-order valence-electron chi connectivity index (χ0n) is 8.02. The highest BCUT2D eigenvalue weighted by atomic mass is 79.9. The van der Waals surface area contributed by atoms with Crippen molar-refractivity contribution < 1.29 is 9.26 Å². The lowest BCUT2D eigenvalue weighted by atomic mass is 10.3. The number of aromatic nitrogens is 1. The van der Waals surface area contributed by atoms with Crippen LogP contribution in [0.1, 0.15) is 5.76 Å². The summed E-state index contributed by atoms with van der Waals surface area (Å²) in [5.41, 5.74) is 0. The lowest BCUT2D eigenvalue weighted by Gasteiger charge is -2.28. The first-order valence-corrected chi connectivity index (χ1v) is 5.42. The fourth-order valence-electron chi connectivity index (χ4n) is 1.51. The van der Waals surface area contributed by atoms with Gasteiger partial charge < -0.3 is 9.26 Å². The topological polar surface area (TPSA) is 62.3 Å². The minimum atomic E-state index is -0.329. The van der Waals surface area contributed by atoms with Crippen molar-refractivity contribution in [1.82, 2.24) is 10.1 Å². The van der Waals surface area contributed by atoms with Crippen LogP contribution >= 0.6 is 15.9 Å². The van der Waals surface area contributed by atoms with Gasteiger partial charge in [-0.1, -0.05) is 5.16 Å². The first-order chi connectivity index (χ1) is 7.28. The van der Waals surface area contributed by atoms with Crippen molar-refractivity contribution in [3.8, 4) is 6.07 Å². The van der Waals surface area contributed by atoms with E-state index < -0.39 is 0 Å². The van der Waals surface area contributed by atoms with Crippen LogP contribution in [0.2, 0.25) is 0 Å². The predicted molar refractivity (Wildman–Crippen MR) is 54.8 cm³/mol. The van der Waals surface area contributed by atoms with Crippen molar-refractivity contribution in [1.29, 1.82) is 5.26 Å². The summed E-state index contributed by atoms with van der Waals surface area (Å²) in [5, 5.41) is 12.5. The second-order valence-electron chi connectivity index (χ2n) is 3.34. The molecule has 0 spiro atoms. The third kappa shape index (κ3) is 2.78. The maximum atomic E-state index is 8.73. The van der Waals surface area contributed by atoms with Crippen LogP contribution in [0.3, 0.4) is 0 Å². The Kier molecular flexibility index (Phi) is 3.36. The summed E-state index contributed by atoms with van der Waals surface area (Å²) in [5.74, 6) is 0.792. The van der Waals surface area contributed by atoms with Gasteiger partial charge in [-0.25, -0.2) is 0 Å². The molecule has 0 bridgehead atoms. The van der Waals surface area contributed by atoms with Crippen LogP contribution in [-0.4, -0.2) is 35.9 Å². The van der Waals surface area contributed by atoms with Crippen molar-refractivity contribution in [3.63, 3.8) is 0 Å². The Labute approximate surface area is 95.7 Å². The molecule has 1 unspecified atom stereocenters. The molecule has 0 amide bonds. The molecular formula is C9H10BrN3O2. The van der Waals surface area contributed by atoms with Crippen molar-refractivity contribution in [2.24, 2.45) is 0 Å². The van der Waals surface area contributed by atoms with E-state index in [1.54, 1.807) is 0 Å². The number of halogens is 1. The van der Waals surface area contributed by atoms with Crippen LogP contribution in [0.5, 0.6) is 0 Å². The average molecular weight is 272 g/mol. The lowest BCUT2D eigenvalue weighted by Crippen LogP contribution is -2.41. The van der Waals surface area contributed by atoms with E-state index in [9.17, 15) is 0 Å². The van der Waals surface area contributed by atoms with Crippen molar-refractivity contribution in [3.05, 3.63) is 16.4 Å². The monoisotopic (exact) mass is 271 g/mol. The Hall–Kier alpha value is -0.900. The number of nitrogens with zero attached hydrogens (tertiary/aromatic N) is 3. The van der Waals surface area contributed by atoms with Crippen LogP contribution in [0.15, 0.2) is 15.2 Å². The van der Waals surface area contributed by atoms with E-state index >= 15 is 0 Å². The van der Waals surface area contributed by atoms with Crippen LogP contribution in [0.25, 0.3) is 0 Å². The zero-order chi connectivity index (χ0) is 10.7. The molecule has 15 heavy (non-hydrogen) atoms. The molecule has 0 saturated carbocycles. The molecule has 5 nitrogen and oxygen atoms in total. The van der Waals surface area contributed by atoms with Gasteiger partial charge in [-0.05, 0) is 15.9 Å². The van der Waals surface area contributed by atoms with E-state index in [4.69, 9.17) is 14.5 Å². The van der Waals surface area contributed by atoms with Gasteiger partial charge in [0, 0.05) is 19.2 Å². The number of nitriles is 1. The Morgan fingerprint density at radius 1 is 1.73 bits per heavy atom. The molecule has 1 aliphatic rings. The number of hydrogen-bond acceptors (Lipinski definition) is 5. The van der Waals surface area contributed by atoms with Crippen LogP contribution in [0.4, 0.5) is 0 Å². The maximum Gasteiger partial charge on any atom is 0.156 e. The Morgan fingerprint density at radius 3 is 3.27 bits per heavy atom. The van der Waals surface area contributed by atoms with Gasteiger partial charge in [0.05, 0.1) is 19.2 Å². The highest BCUT2D eigenvalue weighted by molar-refractivity contribution is 9.10. The van der Waals surface area contributed by atoms with Gasteiger partial charge in [0.25, 0.3) is 0 Å². The van der Waals surface area contributed by atoms with E-state index in [0.29, 0.717) is 24.3 Å². The van der Waals surface area contributed by atoms with Gasteiger partial charge in [-0.3, -0.25) is 4.90 Å². The molecule has 80 valence electrons. The summed E-state index contributed by atoms with van der Waals surface area (Å²) < 4.78 is 11.0. The molecule has 1 fully saturated rings.